The van der Waals surface area contributed by atoms with Crippen LogP contribution >= 0.6 is 0 Å². The van der Waals surface area contributed by atoms with Crippen LogP contribution in [0, 0.1) is 11.8 Å². The predicted molar refractivity (Wildman–Crippen MR) is 67.8 cm³/mol. The Morgan fingerprint density at radius 2 is 1.94 bits per heavy atom. The van der Waals surface area contributed by atoms with Crippen LogP contribution < -0.4 is 0 Å². The molecule has 1 amide bonds. The molecule has 98 valence electrons. The number of likely N-dealkylation sites (tertiary alicyclic amines) is 1. The highest BCUT2D eigenvalue weighted by molar-refractivity contribution is 5.76. The minimum absolute atomic E-state index is 0.283. The molecule has 1 heterocycles. The normalized spacial score (nSPS) is 26.4. The average molecular weight is 239 g/mol. The molecule has 1 aliphatic heterocycles. The molecule has 1 saturated carbocycles. The highest BCUT2D eigenvalue weighted by atomic mass is 16.5. The lowest BCUT2D eigenvalue weighted by Crippen LogP contribution is -2.30. The summed E-state index contributed by atoms with van der Waals surface area (Å²) in [7, 11) is 1.65. The lowest BCUT2D eigenvalue weighted by molar-refractivity contribution is -0.131. The molecule has 17 heavy (non-hydrogen) atoms. The largest absolute Gasteiger partial charge is 0.384 e. The lowest BCUT2D eigenvalue weighted by atomic mass is 9.80. The van der Waals surface area contributed by atoms with Gasteiger partial charge >= 0.3 is 0 Å². The van der Waals surface area contributed by atoms with E-state index in [0.717, 1.165) is 24.9 Å². The molecule has 0 spiro atoms. The molecule has 2 fully saturated rings. The van der Waals surface area contributed by atoms with Crippen molar-refractivity contribution in [1.29, 1.82) is 0 Å². The summed E-state index contributed by atoms with van der Waals surface area (Å²) in [5.41, 5.74) is 0. The van der Waals surface area contributed by atoms with E-state index in [0.29, 0.717) is 13.0 Å². The Balaban J connectivity index is 1.76. The second-order valence-corrected chi connectivity index (χ2v) is 5.53. The number of nitrogens with zero attached hydrogens (tertiary/aromatic N) is 1. The van der Waals surface area contributed by atoms with E-state index >= 15 is 0 Å². The highest BCUT2D eigenvalue weighted by Gasteiger charge is 2.31. The van der Waals surface area contributed by atoms with Gasteiger partial charge in [-0.3, -0.25) is 4.79 Å². The molecular formula is C14H25NO2. The molecule has 0 bridgehead atoms. The zero-order chi connectivity index (χ0) is 12.1. The maximum absolute atomic E-state index is 11.9. The van der Waals surface area contributed by atoms with Crippen LogP contribution in [0.25, 0.3) is 0 Å². The van der Waals surface area contributed by atoms with Crippen LogP contribution in [-0.4, -0.2) is 37.6 Å². The first-order chi connectivity index (χ1) is 8.31. The molecule has 1 atom stereocenters. The molecule has 0 N–H and O–H groups in total. The van der Waals surface area contributed by atoms with E-state index in [1.807, 2.05) is 0 Å². The topological polar surface area (TPSA) is 29.5 Å². The third kappa shape index (κ3) is 3.44. The highest BCUT2D eigenvalue weighted by Crippen LogP contribution is 2.35. The lowest BCUT2D eigenvalue weighted by Gasteiger charge is -2.27. The number of carbonyl (C=O) groups excluding carboxylic acids is 1. The van der Waals surface area contributed by atoms with Crippen molar-refractivity contribution in [3.05, 3.63) is 0 Å². The Morgan fingerprint density at radius 1 is 1.18 bits per heavy atom. The fourth-order valence-electron chi connectivity index (χ4n) is 3.35. The number of carbonyl (C=O) groups is 1. The molecule has 2 rings (SSSR count). The fourth-order valence-corrected chi connectivity index (χ4v) is 3.35. The summed E-state index contributed by atoms with van der Waals surface area (Å²) in [6.45, 7) is 2.54. The molecule has 3 nitrogen and oxygen atoms in total. The van der Waals surface area contributed by atoms with Crippen molar-refractivity contribution in [2.45, 2.75) is 44.9 Å². The zero-order valence-corrected chi connectivity index (χ0v) is 11.0. The molecule has 1 aliphatic carbocycles. The van der Waals surface area contributed by atoms with Gasteiger partial charge in [0.05, 0.1) is 13.0 Å². The first-order valence-corrected chi connectivity index (χ1v) is 7.08. The second-order valence-electron chi connectivity index (χ2n) is 5.53. The Morgan fingerprint density at radius 3 is 2.65 bits per heavy atom. The maximum atomic E-state index is 11.9. The van der Waals surface area contributed by atoms with Crippen molar-refractivity contribution in [3.8, 4) is 0 Å². The molecule has 1 unspecified atom stereocenters. The second kappa shape index (κ2) is 6.39. The van der Waals surface area contributed by atoms with E-state index in [1.54, 1.807) is 7.11 Å². The van der Waals surface area contributed by atoms with Gasteiger partial charge in [0.1, 0.15) is 0 Å². The van der Waals surface area contributed by atoms with Crippen molar-refractivity contribution in [1.82, 2.24) is 4.90 Å². The van der Waals surface area contributed by atoms with E-state index in [1.165, 1.54) is 38.5 Å². The van der Waals surface area contributed by atoms with E-state index in [2.05, 4.69) is 4.90 Å². The summed E-state index contributed by atoms with van der Waals surface area (Å²) in [6, 6.07) is 0. The number of amides is 1. The first kappa shape index (κ1) is 12.9. The summed E-state index contributed by atoms with van der Waals surface area (Å²) >= 11 is 0. The Hall–Kier alpha value is -0.570. The standard InChI is InChI=1S/C14H25NO2/c1-17-10-8-14(16)15-9-7-13(11-15)12-5-3-2-4-6-12/h12-13H,2-11H2,1H3. The van der Waals surface area contributed by atoms with Gasteiger partial charge in [0.15, 0.2) is 0 Å². The van der Waals surface area contributed by atoms with Crippen molar-refractivity contribution in [2.75, 3.05) is 26.8 Å². The van der Waals surface area contributed by atoms with Crippen LogP contribution in [0.3, 0.4) is 0 Å². The minimum Gasteiger partial charge on any atom is -0.384 e. The number of hydrogen-bond acceptors (Lipinski definition) is 2. The average Bonchev–Trinajstić information content (AvgIpc) is 2.86. The number of ether oxygens (including phenoxy) is 1. The van der Waals surface area contributed by atoms with Gasteiger partial charge < -0.3 is 9.64 Å². The van der Waals surface area contributed by atoms with Crippen molar-refractivity contribution < 1.29 is 9.53 Å². The quantitative estimate of drug-likeness (QED) is 0.754. The van der Waals surface area contributed by atoms with Gasteiger partial charge in [-0.05, 0) is 18.3 Å². The number of rotatable bonds is 4. The molecule has 1 saturated heterocycles. The summed E-state index contributed by atoms with van der Waals surface area (Å²) in [5.74, 6) is 1.95. The van der Waals surface area contributed by atoms with Crippen LogP contribution in [-0.2, 0) is 9.53 Å². The summed E-state index contributed by atoms with van der Waals surface area (Å²) in [4.78, 5) is 13.9. The van der Waals surface area contributed by atoms with Crippen molar-refractivity contribution >= 4 is 5.91 Å². The molecule has 0 aromatic heterocycles. The van der Waals surface area contributed by atoms with Crippen LogP contribution in [0.15, 0.2) is 0 Å². The zero-order valence-electron chi connectivity index (χ0n) is 11.0. The van der Waals surface area contributed by atoms with Crippen LogP contribution in [0.4, 0.5) is 0 Å². The minimum atomic E-state index is 0.283. The molecule has 0 aromatic rings. The third-order valence-corrected chi connectivity index (χ3v) is 4.41. The summed E-state index contributed by atoms with van der Waals surface area (Å²) in [6.07, 6.45) is 8.78. The predicted octanol–water partition coefficient (Wildman–Crippen LogP) is 2.45. The van der Waals surface area contributed by atoms with Gasteiger partial charge in [-0.1, -0.05) is 32.1 Å². The van der Waals surface area contributed by atoms with Gasteiger partial charge in [0.25, 0.3) is 0 Å². The van der Waals surface area contributed by atoms with Crippen molar-refractivity contribution in [2.24, 2.45) is 11.8 Å². The Kier molecular flexibility index (Phi) is 4.84. The molecule has 3 heteroatoms. The van der Waals surface area contributed by atoms with E-state index in [4.69, 9.17) is 4.74 Å². The van der Waals surface area contributed by atoms with Gasteiger partial charge in [-0.2, -0.15) is 0 Å². The van der Waals surface area contributed by atoms with Crippen LogP contribution in [0.2, 0.25) is 0 Å². The molecular weight excluding hydrogens is 214 g/mol. The summed E-state index contributed by atoms with van der Waals surface area (Å²) in [5, 5.41) is 0. The van der Waals surface area contributed by atoms with E-state index in [-0.39, 0.29) is 5.91 Å². The van der Waals surface area contributed by atoms with Gasteiger partial charge in [0.2, 0.25) is 5.91 Å². The van der Waals surface area contributed by atoms with Gasteiger partial charge in [-0.25, -0.2) is 0 Å². The maximum Gasteiger partial charge on any atom is 0.224 e. The third-order valence-electron chi connectivity index (χ3n) is 4.41. The SMILES string of the molecule is COCCC(=O)N1CCC(C2CCCCC2)C1. The van der Waals surface area contributed by atoms with Gasteiger partial charge in [-0.15, -0.1) is 0 Å². The smallest absolute Gasteiger partial charge is 0.224 e. The molecule has 0 aromatic carbocycles. The Labute approximate surface area is 105 Å². The summed E-state index contributed by atoms with van der Waals surface area (Å²) < 4.78 is 4.97. The monoisotopic (exact) mass is 239 g/mol. The number of hydrogen-bond donors (Lipinski definition) is 0. The molecule has 2 aliphatic rings. The van der Waals surface area contributed by atoms with Crippen molar-refractivity contribution in [3.63, 3.8) is 0 Å². The van der Waals surface area contributed by atoms with Crippen LogP contribution in [0.1, 0.15) is 44.9 Å². The van der Waals surface area contributed by atoms with Crippen LogP contribution in [0.5, 0.6) is 0 Å². The number of methoxy groups -OCH3 is 1. The van der Waals surface area contributed by atoms with E-state index in [9.17, 15) is 4.79 Å². The van der Waals surface area contributed by atoms with E-state index < -0.39 is 0 Å². The van der Waals surface area contributed by atoms with Gasteiger partial charge in [0, 0.05) is 20.2 Å². The fraction of sp³-hybridized carbons (Fsp3) is 0.929. The Bertz CT molecular complexity index is 249. The molecule has 0 radical (unpaired) electrons. The first-order valence-electron chi connectivity index (χ1n) is 7.08.